The summed E-state index contributed by atoms with van der Waals surface area (Å²) in [6, 6.07) is 8.88. The highest BCUT2D eigenvalue weighted by Gasteiger charge is 2.29. The predicted molar refractivity (Wildman–Crippen MR) is 76.5 cm³/mol. The van der Waals surface area contributed by atoms with E-state index in [0.29, 0.717) is 12.3 Å². The fourth-order valence-corrected chi connectivity index (χ4v) is 3.93. The molecule has 7 heteroatoms. The molecule has 1 aliphatic heterocycles. The van der Waals surface area contributed by atoms with Crippen LogP contribution < -0.4 is 5.32 Å². The van der Waals surface area contributed by atoms with Crippen molar-refractivity contribution in [1.29, 1.82) is 0 Å². The second-order valence-corrected chi connectivity index (χ2v) is 7.20. The van der Waals surface area contributed by atoms with Crippen molar-refractivity contribution >= 4 is 15.7 Å². The molecule has 1 amide bonds. The lowest BCUT2D eigenvalue weighted by atomic mass is 10.2. The molecule has 1 aliphatic rings. The van der Waals surface area contributed by atoms with Gasteiger partial charge in [-0.2, -0.15) is 0 Å². The number of aromatic nitrogens is 1. The van der Waals surface area contributed by atoms with E-state index in [1.165, 1.54) is 6.20 Å². The number of carbonyl (C=O) groups excluding carboxylic acids is 1. The number of benzene rings is 1. The maximum atomic E-state index is 12.0. The molecule has 0 bridgehead atoms. The van der Waals surface area contributed by atoms with Gasteiger partial charge in [-0.05, 0) is 18.6 Å². The molecule has 6 nitrogen and oxygen atoms in total. The quantitative estimate of drug-likeness (QED) is 0.922. The molecule has 2 aromatic rings. The number of nitrogens with zero attached hydrogens (tertiary/aromatic N) is 1. The Labute approximate surface area is 122 Å². The van der Waals surface area contributed by atoms with Crippen LogP contribution in [-0.4, -0.2) is 36.9 Å². The summed E-state index contributed by atoms with van der Waals surface area (Å²) in [7, 11) is -3.02. The van der Waals surface area contributed by atoms with E-state index in [1.54, 1.807) is 0 Å². The van der Waals surface area contributed by atoms with E-state index >= 15 is 0 Å². The molecule has 1 N–H and O–H groups in total. The SMILES string of the molecule is O=C(NC1CCS(=O)(=O)C1)c1cnc(-c2ccccc2)o1. The molecular formula is C14H14N2O4S. The van der Waals surface area contributed by atoms with Gasteiger partial charge >= 0.3 is 0 Å². The summed E-state index contributed by atoms with van der Waals surface area (Å²) in [5.41, 5.74) is 0.778. The first-order valence-corrected chi connectivity index (χ1v) is 8.38. The van der Waals surface area contributed by atoms with Crippen molar-refractivity contribution in [2.75, 3.05) is 11.5 Å². The fraction of sp³-hybridized carbons (Fsp3) is 0.286. The van der Waals surface area contributed by atoms with E-state index in [4.69, 9.17) is 4.42 Å². The molecule has 1 unspecified atom stereocenters. The number of hydrogen-bond donors (Lipinski definition) is 1. The third-order valence-corrected chi connectivity index (χ3v) is 5.09. The van der Waals surface area contributed by atoms with Gasteiger partial charge in [-0.25, -0.2) is 13.4 Å². The highest BCUT2D eigenvalue weighted by Crippen LogP contribution is 2.19. The van der Waals surface area contributed by atoms with E-state index in [9.17, 15) is 13.2 Å². The van der Waals surface area contributed by atoms with Crippen molar-refractivity contribution in [3.05, 3.63) is 42.3 Å². The Hall–Kier alpha value is -2.15. The summed E-state index contributed by atoms with van der Waals surface area (Å²) in [6.07, 6.45) is 1.79. The second kappa shape index (κ2) is 5.33. The predicted octanol–water partition coefficient (Wildman–Crippen LogP) is 1.26. The van der Waals surface area contributed by atoms with Crippen LogP contribution in [0.2, 0.25) is 0 Å². The second-order valence-electron chi connectivity index (χ2n) is 4.97. The maximum absolute atomic E-state index is 12.0. The van der Waals surface area contributed by atoms with Gasteiger partial charge in [0.05, 0.1) is 17.7 Å². The summed E-state index contributed by atoms with van der Waals surface area (Å²) in [5.74, 6) is 0.104. The summed E-state index contributed by atoms with van der Waals surface area (Å²) in [4.78, 5) is 16.1. The molecule has 21 heavy (non-hydrogen) atoms. The lowest BCUT2D eigenvalue weighted by molar-refractivity contribution is 0.0914. The van der Waals surface area contributed by atoms with E-state index < -0.39 is 15.7 Å². The highest BCUT2D eigenvalue weighted by atomic mass is 32.2. The number of nitrogens with one attached hydrogen (secondary N) is 1. The van der Waals surface area contributed by atoms with Crippen molar-refractivity contribution in [2.45, 2.75) is 12.5 Å². The molecule has 0 aliphatic carbocycles. The topological polar surface area (TPSA) is 89.3 Å². The minimum absolute atomic E-state index is 0.0155. The molecular weight excluding hydrogens is 292 g/mol. The molecule has 0 saturated carbocycles. The molecule has 3 rings (SSSR count). The summed E-state index contributed by atoms with van der Waals surface area (Å²) in [6.45, 7) is 0. The molecule has 1 aromatic heterocycles. The molecule has 0 radical (unpaired) electrons. The van der Waals surface area contributed by atoms with Crippen molar-refractivity contribution in [3.63, 3.8) is 0 Å². The van der Waals surface area contributed by atoms with Gasteiger partial charge in [0.2, 0.25) is 11.7 Å². The van der Waals surface area contributed by atoms with E-state index in [2.05, 4.69) is 10.3 Å². The number of oxazole rings is 1. The Kier molecular flexibility index (Phi) is 3.50. The van der Waals surface area contributed by atoms with Crippen molar-refractivity contribution < 1.29 is 17.6 Å². The summed E-state index contributed by atoms with van der Waals surface area (Å²) >= 11 is 0. The van der Waals surface area contributed by atoms with Gasteiger partial charge in [0.15, 0.2) is 9.84 Å². The zero-order valence-corrected chi connectivity index (χ0v) is 12.0. The van der Waals surface area contributed by atoms with Crippen LogP contribution in [0.1, 0.15) is 17.0 Å². The number of amides is 1. The van der Waals surface area contributed by atoms with E-state index in [1.807, 2.05) is 30.3 Å². The Morgan fingerprint density at radius 3 is 2.71 bits per heavy atom. The van der Waals surface area contributed by atoms with Crippen LogP contribution in [0.3, 0.4) is 0 Å². The summed E-state index contributed by atoms with van der Waals surface area (Å²) < 4.78 is 28.1. The van der Waals surface area contributed by atoms with Gasteiger partial charge in [0.25, 0.3) is 5.91 Å². The third-order valence-electron chi connectivity index (χ3n) is 3.32. The largest absolute Gasteiger partial charge is 0.431 e. The minimum Gasteiger partial charge on any atom is -0.431 e. The average molecular weight is 306 g/mol. The third kappa shape index (κ3) is 3.13. The molecule has 1 aromatic carbocycles. The number of sulfone groups is 1. The summed E-state index contributed by atoms with van der Waals surface area (Å²) in [5, 5.41) is 2.66. The molecule has 1 saturated heterocycles. The normalized spacial score (nSPS) is 20.3. The van der Waals surface area contributed by atoms with Crippen LogP contribution in [0, 0.1) is 0 Å². The average Bonchev–Trinajstić information content (AvgIpc) is 3.07. The lowest BCUT2D eigenvalue weighted by Gasteiger charge is -2.08. The molecule has 1 fully saturated rings. The first-order valence-electron chi connectivity index (χ1n) is 6.56. The van der Waals surface area contributed by atoms with Gasteiger partial charge in [-0.15, -0.1) is 0 Å². The molecule has 0 spiro atoms. The number of carbonyl (C=O) groups is 1. The van der Waals surface area contributed by atoms with Crippen molar-refractivity contribution in [3.8, 4) is 11.5 Å². The molecule has 2 heterocycles. The van der Waals surface area contributed by atoms with Gasteiger partial charge in [0, 0.05) is 11.6 Å². The van der Waals surface area contributed by atoms with Gasteiger partial charge in [0.1, 0.15) is 0 Å². The zero-order chi connectivity index (χ0) is 14.9. The Morgan fingerprint density at radius 1 is 1.29 bits per heavy atom. The van der Waals surface area contributed by atoms with Crippen molar-refractivity contribution in [1.82, 2.24) is 10.3 Å². The standard InChI is InChI=1S/C14H14N2O4S/c17-13(16-11-6-7-21(18,19)9-11)12-8-15-14(20-12)10-4-2-1-3-5-10/h1-5,8,11H,6-7,9H2,(H,16,17). The maximum Gasteiger partial charge on any atom is 0.288 e. The van der Waals surface area contributed by atoms with Gasteiger partial charge in [-0.3, -0.25) is 4.79 Å². The van der Waals surface area contributed by atoms with Gasteiger partial charge in [-0.1, -0.05) is 18.2 Å². The Bertz CT molecular complexity index is 752. The fourth-order valence-electron chi connectivity index (χ4n) is 2.26. The van der Waals surface area contributed by atoms with E-state index in [0.717, 1.165) is 5.56 Å². The van der Waals surface area contributed by atoms with Crippen LogP contribution >= 0.6 is 0 Å². The van der Waals surface area contributed by atoms with Crippen LogP contribution in [0.5, 0.6) is 0 Å². The zero-order valence-electron chi connectivity index (χ0n) is 11.2. The van der Waals surface area contributed by atoms with Crippen LogP contribution in [0.4, 0.5) is 0 Å². The van der Waals surface area contributed by atoms with Crippen LogP contribution in [0.15, 0.2) is 40.9 Å². The Morgan fingerprint density at radius 2 is 2.05 bits per heavy atom. The molecule has 110 valence electrons. The number of rotatable bonds is 3. The lowest BCUT2D eigenvalue weighted by Crippen LogP contribution is -2.35. The van der Waals surface area contributed by atoms with Crippen LogP contribution in [0.25, 0.3) is 11.5 Å². The monoisotopic (exact) mass is 306 g/mol. The Balaban J connectivity index is 1.70. The number of hydrogen-bond acceptors (Lipinski definition) is 5. The first kappa shape index (κ1) is 13.8. The smallest absolute Gasteiger partial charge is 0.288 e. The van der Waals surface area contributed by atoms with Gasteiger partial charge < -0.3 is 9.73 Å². The van der Waals surface area contributed by atoms with Crippen LogP contribution in [-0.2, 0) is 9.84 Å². The van der Waals surface area contributed by atoms with Crippen molar-refractivity contribution in [2.24, 2.45) is 0 Å². The minimum atomic E-state index is -3.02. The molecule has 1 atom stereocenters. The highest BCUT2D eigenvalue weighted by molar-refractivity contribution is 7.91. The first-order chi connectivity index (χ1) is 10.0. The van der Waals surface area contributed by atoms with E-state index in [-0.39, 0.29) is 23.3 Å².